The van der Waals surface area contributed by atoms with Crippen LogP contribution >= 0.6 is 15.9 Å². The smallest absolute Gasteiger partial charge is 0.182 e. The van der Waals surface area contributed by atoms with Crippen LogP contribution in [0.1, 0.15) is 0 Å². The van der Waals surface area contributed by atoms with E-state index in [1.54, 1.807) is 18.5 Å². The van der Waals surface area contributed by atoms with Gasteiger partial charge in [0.2, 0.25) is 0 Å². The standard InChI is InChI=1S/C12H8BrN3O2/c13-11-7(4-6-17-11)10-9(12(14)16-18-10)8-3-1-2-5-15-8/h1-6H,(H2,14,16). The molecule has 6 heteroatoms. The Bertz CT molecular complexity index is 676. The second-order valence-electron chi connectivity index (χ2n) is 3.59. The summed E-state index contributed by atoms with van der Waals surface area (Å²) in [5, 5.41) is 3.79. The number of anilines is 1. The van der Waals surface area contributed by atoms with Crippen LogP contribution < -0.4 is 5.73 Å². The van der Waals surface area contributed by atoms with Gasteiger partial charge in [-0.3, -0.25) is 4.98 Å². The van der Waals surface area contributed by atoms with Crippen LogP contribution in [-0.2, 0) is 0 Å². The van der Waals surface area contributed by atoms with E-state index >= 15 is 0 Å². The molecule has 2 N–H and O–H groups in total. The Kier molecular flexibility index (Phi) is 2.64. The Hall–Kier alpha value is -2.08. The van der Waals surface area contributed by atoms with Crippen LogP contribution in [0.15, 0.2) is 50.3 Å². The molecule has 3 heterocycles. The third-order valence-corrected chi connectivity index (χ3v) is 3.12. The van der Waals surface area contributed by atoms with Crippen LogP contribution in [0.3, 0.4) is 0 Å². The molecule has 0 aliphatic heterocycles. The number of nitrogens with two attached hydrogens (primary N) is 1. The average Bonchev–Trinajstić information content (AvgIpc) is 2.96. The highest BCUT2D eigenvalue weighted by Crippen LogP contribution is 2.38. The summed E-state index contributed by atoms with van der Waals surface area (Å²) in [6, 6.07) is 7.33. The van der Waals surface area contributed by atoms with E-state index in [1.807, 2.05) is 18.2 Å². The molecule has 0 aliphatic rings. The fourth-order valence-corrected chi connectivity index (χ4v) is 2.12. The monoisotopic (exact) mass is 305 g/mol. The van der Waals surface area contributed by atoms with Crippen molar-refractivity contribution in [3.8, 4) is 22.6 Å². The van der Waals surface area contributed by atoms with Crippen LogP contribution in [0, 0.1) is 0 Å². The summed E-state index contributed by atoms with van der Waals surface area (Å²) >= 11 is 3.30. The number of hydrogen-bond donors (Lipinski definition) is 1. The van der Waals surface area contributed by atoms with Crippen molar-refractivity contribution in [3.05, 3.63) is 41.4 Å². The topological polar surface area (TPSA) is 78.1 Å². The first kappa shape index (κ1) is 11.0. The van der Waals surface area contributed by atoms with Gasteiger partial charge in [0.25, 0.3) is 0 Å². The highest BCUT2D eigenvalue weighted by molar-refractivity contribution is 9.10. The minimum Gasteiger partial charge on any atom is -0.457 e. The van der Waals surface area contributed by atoms with Crippen molar-refractivity contribution in [3.63, 3.8) is 0 Å². The first-order chi connectivity index (χ1) is 8.77. The molecular weight excluding hydrogens is 298 g/mol. The van der Waals surface area contributed by atoms with Crippen molar-refractivity contribution < 1.29 is 8.94 Å². The third kappa shape index (κ3) is 1.70. The number of aromatic nitrogens is 2. The Morgan fingerprint density at radius 2 is 2.11 bits per heavy atom. The average molecular weight is 306 g/mol. The van der Waals surface area contributed by atoms with Gasteiger partial charge in [0.15, 0.2) is 16.2 Å². The van der Waals surface area contributed by atoms with E-state index in [-0.39, 0.29) is 0 Å². The Labute approximate surface area is 111 Å². The molecular formula is C12H8BrN3O2. The molecule has 0 unspecified atom stereocenters. The van der Waals surface area contributed by atoms with Crippen molar-refractivity contribution in [2.45, 2.75) is 0 Å². The summed E-state index contributed by atoms with van der Waals surface area (Å²) in [5.74, 6) is 0.837. The van der Waals surface area contributed by atoms with Gasteiger partial charge in [0.1, 0.15) is 0 Å². The zero-order valence-corrected chi connectivity index (χ0v) is 10.7. The van der Waals surface area contributed by atoms with E-state index in [0.717, 1.165) is 5.56 Å². The number of nitrogen functional groups attached to an aromatic ring is 1. The lowest BCUT2D eigenvalue weighted by atomic mass is 10.1. The lowest BCUT2D eigenvalue weighted by molar-refractivity contribution is 0.434. The zero-order valence-electron chi connectivity index (χ0n) is 9.13. The summed E-state index contributed by atoms with van der Waals surface area (Å²) in [6.45, 7) is 0. The van der Waals surface area contributed by atoms with E-state index < -0.39 is 0 Å². The van der Waals surface area contributed by atoms with Crippen LogP contribution in [0.4, 0.5) is 5.82 Å². The van der Waals surface area contributed by atoms with E-state index in [4.69, 9.17) is 14.7 Å². The molecule has 3 aromatic rings. The molecule has 0 saturated heterocycles. The summed E-state index contributed by atoms with van der Waals surface area (Å²) in [5.41, 5.74) is 7.96. The van der Waals surface area contributed by atoms with Crippen molar-refractivity contribution in [2.24, 2.45) is 0 Å². The number of furan rings is 1. The number of hydrogen-bond acceptors (Lipinski definition) is 5. The number of nitrogens with zero attached hydrogens (tertiary/aromatic N) is 2. The predicted molar refractivity (Wildman–Crippen MR) is 69.5 cm³/mol. The lowest BCUT2D eigenvalue weighted by Crippen LogP contribution is -1.90. The maximum absolute atomic E-state index is 5.84. The van der Waals surface area contributed by atoms with Crippen molar-refractivity contribution in [1.82, 2.24) is 10.1 Å². The van der Waals surface area contributed by atoms with Gasteiger partial charge in [-0.1, -0.05) is 11.2 Å². The molecule has 18 heavy (non-hydrogen) atoms. The molecule has 90 valence electrons. The van der Waals surface area contributed by atoms with Gasteiger partial charge in [0.05, 0.1) is 23.1 Å². The molecule has 0 bridgehead atoms. The van der Waals surface area contributed by atoms with Gasteiger partial charge in [-0.05, 0) is 34.1 Å². The first-order valence-corrected chi connectivity index (χ1v) is 5.96. The normalized spacial score (nSPS) is 10.7. The predicted octanol–water partition coefficient (Wildman–Crippen LogP) is 3.34. The summed E-state index contributed by atoms with van der Waals surface area (Å²) in [7, 11) is 0. The second kappa shape index (κ2) is 4.30. The molecule has 0 radical (unpaired) electrons. The molecule has 0 spiro atoms. The van der Waals surface area contributed by atoms with Crippen LogP contribution in [0.5, 0.6) is 0 Å². The molecule has 3 aromatic heterocycles. The van der Waals surface area contributed by atoms with E-state index in [1.165, 1.54) is 0 Å². The van der Waals surface area contributed by atoms with Crippen molar-refractivity contribution in [2.75, 3.05) is 5.73 Å². The van der Waals surface area contributed by atoms with Crippen LogP contribution in [0.2, 0.25) is 0 Å². The molecule has 0 fully saturated rings. The highest BCUT2D eigenvalue weighted by atomic mass is 79.9. The van der Waals surface area contributed by atoms with Crippen LogP contribution in [0.25, 0.3) is 22.6 Å². The lowest BCUT2D eigenvalue weighted by Gasteiger charge is -1.99. The minimum atomic E-state index is 0.303. The van der Waals surface area contributed by atoms with Gasteiger partial charge in [0, 0.05) is 6.20 Å². The van der Waals surface area contributed by atoms with Gasteiger partial charge >= 0.3 is 0 Å². The van der Waals surface area contributed by atoms with E-state index in [9.17, 15) is 0 Å². The van der Waals surface area contributed by atoms with Gasteiger partial charge < -0.3 is 14.7 Å². The molecule has 0 amide bonds. The molecule has 5 nitrogen and oxygen atoms in total. The maximum Gasteiger partial charge on any atom is 0.182 e. The molecule has 3 rings (SSSR count). The Morgan fingerprint density at radius 3 is 2.78 bits per heavy atom. The Morgan fingerprint density at radius 1 is 1.22 bits per heavy atom. The zero-order chi connectivity index (χ0) is 12.5. The molecule has 0 aliphatic carbocycles. The summed E-state index contributed by atoms with van der Waals surface area (Å²) < 4.78 is 11.0. The maximum atomic E-state index is 5.84. The molecule has 0 saturated carbocycles. The van der Waals surface area contributed by atoms with Crippen LogP contribution in [-0.4, -0.2) is 10.1 Å². The van der Waals surface area contributed by atoms with Gasteiger partial charge in [-0.15, -0.1) is 0 Å². The van der Waals surface area contributed by atoms with E-state index in [0.29, 0.717) is 27.5 Å². The van der Waals surface area contributed by atoms with Gasteiger partial charge in [-0.25, -0.2) is 0 Å². The number of halogens is 1. The van der Waals surface area contributed by atoms with Crippen molar-refractivity contribution in [1.29, 1.82) is 0 Å². The first-order valence-electron chi connectivity index (χ1n) is 5.17. The second-order valence-corrected chi connectivity index (χ2v) is 4.32. The molecule has 0 aromatic carbocycles. The fraction of sp³-hybridized carbons (Fsp3) is 0. The summed E-state index contributed by atoms with van der Waals surface area (Å²) in [4.78, 5) is 4.26. The summed E-state index contributed by atoms with van der Waals surface area (Å²) in [6.07, 6.45) is 3.25. The number of pyridine rings is 1. The highest BCUT2D eigenvalue weighted by Gasteiger charge is 2.21. The van der Waals surface area contributed by atoms with E-state index in [2.05, 4.69) is 26.1 Å². The largest absolute Gasteiger partial charge is 0.457 e. The fourth-order valence-electron chi connectivity index (χ4n) is 1.70. The number of rotatable bonds is 2. The molecule has 0 atom stereocenters. The minimum absolute atomic E-state index is 0.303. The Balaban J connectivity index is 2.22. The van der Waals surface area contributed by atoms with Crippen molar-refractivity contribution >= 4 is 21.7 Å². The van der Waals surface area contributed by atoms with Gasteiger partial charge in [-0.2, -0.15) is 0 Å². The quantitative estimate of drug-likeness (QED) is 0.785. The third-order valence-electron chi connectivity index (χ3n) is 2.50. The SMILES string of the molecule is Nc1noc(-c2ccoc2Br)c1-c1ccccn1.